The van der Waals surface area contributed by atoms with Crippen LogP contribution in [0.4, 0.5) is 5.69 Å². The molecular formula is C21H20N6O3S. The highest BCUT2D eigenvalue weighted by atomic mass is 32.2. The van der Waals surface area contributed by atoms with Gasteiger partial charge in [0.15, 0.2) is 5.16 Å². The monoisotopic (exact) mass is 436 g/mol. The summed E-state index contributed by atoms with van der Waals surface area (Å²) in [6, 6.07) is 13.6. The van der Waals surface area contributed by atoms with Crippen LogP contribution in [-0.2, 0) is 25.3 Å². The van der Waals surface area contributed by atoms with Crippen molar-refractivity contribution in [1.82, 2.24) is 24.5 Å². The van der Waals surface area contributed by atoms with Gasteiger partial charge in [-0.05, 0) is 30.3 Å². The molecule has 0 saturated heterocycles. The molecule has 0 spiro atoms. The lowest BCUT2D eigenvalue weighted by Crippen LogP contribution is -2.21. The molecular weight excluding hydrogens is 416 g/mol. The molecule has 1 amide bonds. The third-order valence-corrected chi connectivity index (χ3v) is 5.79. The standard InChI is InChI=1S/C21H20N6O3S/c1-26-18(11-17-15-5-3-4-6-16(15)20(30)27(2)25-17)23-24-21(26)31-12-19(29)22-13-7-9-14(28)10-8-13/h3-10,28H,11-12H2,1-2H3,(H,22,29). The maximum Gasteiger partial charge on any atom is 0.274 e. The number of amides is 1. The molecule has 2 aromatic heterocycles. The van der Waals surface area contributed by atoms with Crippen LogP contribution in [0.3, 0.4) is 0 Å². The first-order chi connectivity index (χ1) is 14.9. The van der Waals surface area contributed by atoms with Crippen LogP contribution in [0.25, 0.3) is 10.8 Å². The van der Waals surface area contributed by atoms with Crippen molar-refractivity contribution in [3.05, 3.63) is 70.4 Å². The van der Waals surface area contributed by atoms with Crippen LogP contribution in [0.2, 0.25) is 0 Å². The van der Waals surface area contributed by atoms with E-state index in [4.69, 9.17) is 0 Å². The van der Waals surface area contributed by atoms with E-state index in [0.717, 1.165) is 11.1 Å². The van der Waals surface area contributed by atoms with Gasteiger partial charge in [0, 0.05) is 25.2 Å². The van der Waals surface area contributed by atoms with Gasteiger partial charge in [0.25, 0.3) is 5.56 Å². The van der Waals surface area contributed by atoms with E-state index >= 15 is 0 Å². The summed E-state index contributed by atoms with van der Waals surface area (Å²) in [6.07, 6.45) is 0.401. The number of hydrogen-bond acceptors (Lipinski definition) is 7. The number of carbonyl (C=O) groups is 1. The van der Waals surface area contributed by atoms with Gasteiger partial charge in [0.2, 0.25) is 5.91 Å². The number of aromatic nitrogens is 5. The number of aryl methyl sites for hydroxylation is 1. The first kappa shape index (κ1) is 20.6. The number of nitrogens with zero attached hydrogens (tertiary/aromatic N) is 5. The van der Waals surface area contributed by atoms with Gasteiger partial charge in [-0.1, -0.05) is 30.0 Å². The second-order valence-electron chi connectivity index (χ2n) is 6.94. The third-order valence-electron chi connectivity index (χ3n) is 4.77. The molecule has 31 heavy (non-hydrogen) atoms. The van der Waals surface area contributed by atoms with Crippen molar-refractivity contribution in [3.8, 4) is 5.75 Å². The number of anilines is 1. The number of benzene rings is 2. The van der Waals surface area contributed by atoms with Crippen LogP contribution < -0.4 is 10.9 Å². The first-order valence-corrected chi connectivity index (χ1v) is 10.5. The minimum atomic E-state index is -0.189. The number of phenols is 1. The van der Waals surface area contributed by atoms with E-state index < -0.39 is 0 Å². The zero-order valence-electron chi connectivity index (χ0n) is 16.9. The van der Waals surface area contributed by atoms with Crippen molar-refractivity contribution < 1.29 is 9.90 Å². The van der Waals surface area contributed by atoms with Crippen LogP contribution in [0.15, 0.2) is 58.5 Å². The van der Waals surface area contributed by atoms with Gasteiger partial charge in [-0.15, -0.1) is 10.2 Å². The highest BCUT2D eigenvalue weighted by molar-refractivity contribution is 7.99. The Morgan fingerprint density at radius 1 is 1.06 bits per heavy atom. The summed E-state index contributed by atoms with van der Waals surface area (Å²) in [5, 5.41) is 26.9. The number of phenolic OH excluding ortho intramolecular Hbond substituents is 1. The van der Waals surface area contributed by atoms with E-state index in [1.165, 1.54) is 28.6 Å². The Kier molecular flexibility index (Phi) is 5.72. The third kappa shape index (κ3) is 4.43. The van der Waals surface area contributed by atoms with Gasteiger partial charge in [-0.2, -0.15) is 5.10 Å². The van der Waals surface area contributed by atoms with Crippen molar-refractivity contribution >= 4 is 34.1 Å². The van der Waals surface area contributed by atoms with Crippen LogP contribution in [0.5, 0.6) is 5.75 Å². The maximum atomic E-state index is 12.3. The predicted molar refractivity (Wildman–Crippen MR) is 118 cm³/mol. The van der Waals surface area contributed by atoms with Crippen LogP contribution in [0, 0.1) is 0 Å². The van der Waals surface area contributed by atoms with Crippen LogP contribution in [-0.4, -0.2) is 41.3 Å². The van der Waals surface area contributed by atoms with Crippen molar-refractivity contribution in [2.75, 3.05) is 11.1 Å². The molecule has 158 valence electrons. The number of thioether (sulfide) groups is 1. The number of fused-ring (bicyclic) bond motifs is 1. The fourth-order valence-corrected chi connectivity index (χ4v) is 3.88. The van der Waals surface area contributed by atoms with E-state index in [1.54, 1.807) is 25.2 Å². The van der Waals surface area contributed by atoms with Crippen molar-refractivity contribution in [1.29, 1.82) is 0 Å². The lowest BCUT2D eigenvalue weighted by Gasteiger charge is -2.08. The van der Waals surface area contributed by atoms with Gasteiger partial charge in [-0.25, -0.2) is 4.68 Å². The molecule has 0 aliphatic rings. The van der Waals surface area contributed by atoms with E-state index in [9.17, 15) is 14.7 Å². The molecule has 0 fully saturated rings. The number of carbonyl (C=O) groups excluding carboxylic acids is 1. The Balaban J connectivity index is 1.47. The Morgan fingerprint density at radius 2 is 1.77 bits per heavy atom. The summed E-state index contributed by atoms with van der Waals surface area (Å²) in [5.74, 6) is 0.789. The van der Waals surface area contributed by atoms with Gasteiger partial charge in [0.1, 0.15) is 11.6 Å². The van der Waals surface area contributed by atoms with Crippen LogP contribution in [0.1, 0.15) is 11.5 Å². The summed E-state index contributed by atoms with van der Waals surface area (Å²) in [6.45, 7) is 0. The molecule has 4 rings (SSSR count). The summed E-state index contributed by atoms with van der Waals surface area (Å²) in [4.78, 5) is 24.5. The molecule has 9 nitrogen and oxygen atoms in total. The highest BCUT2D eigenvalue weighted by Gasteiger charge is 2.15. The quantitative estimate of drug-likeness (QED) is 0.351. The molecule has 10 heteroatoms. The Hall–Kier alpha value is -3.66. The van der Waals surface area contributed by atoms with Gasteiger partial charge < -0.3 is 15.0 Å². The summed E-state index contributed by atoms with van der Waals surface area (Å²) in [5.41, 5.74) is 1.19. The van der Waals surface area contributed by atoms with E-state index in [-0.39, 0.29) is 23.0 Å². The molecule has 0 saturated carbocycles. The summed E-state index contributed by atoms with van der Waals surface area (Å²) >= 11 is 1.27. The van der Waals surface area contributed by atoms with E-state index in [1.807, 2.05) is 29.8 Å². The fraction of sp³-hybridized carbons (Fsp3) is 0.190. The number of nitrogens with one attached hydrogen (secondary N) is 1. The van der Waals surface area contributed by atoms with Gasteiger partial charge in [0.05, 0.1) is 23.3 Å². The molecule has 4 aromatic rings. The minimum absolute atomic E-state index is 0.139. The summed E-state index contributed by atoms with van der Waals surface area (Å²) in [7, 11) is 3.46. The molecule has 2 aromatic carbocycles. The zero-order valence-corrected chi connectivity index (χ0v) is 17.8. The maximum absolute atomic E-state index is 12.3. The SMILES string of the molecule is Cn1c(Cc2nn(C)c(=O)c3ccccc23)nnc1SCC(=O)Nc1ccc(O)cc1. The van der Waals surface area contributed by atoms with Gasteiger partial charge in [-0.3, -0.25) is 9.59 Å². The Labute approximate surface area is 181 Å². The molecule has 0 aliphatic carbocycles. The number of hydrogen-bond donors (Lipinski definition) is 2. The van der Waals surface area contributed by atoms with Crippen molar-refractivity contribution in [3.63, 3.8) is 0 Å². The first-order valence-electron chi connectivity index (χ1n) is 9.47. The molecule has 0 unspecified atom stereocenters. The molecule has 0 atom stereocenters. The fourth-order valence-electron chi connectivity index (χ4n) is 3.15. The minimum Gasteiger partial charge on any atom is -0.508 e. The number of aromatic hydroxyl groups is 1. The number of rotatable bonds is 6. The Bertz CT molecular complexity index is 1310. The molecule has 0 aliphatic heterocycles. The van der Waals surface area contributed by atoms with Crippen LogP contribution >= 0.6 is 11.8 Å². The molecule has 0 bridgehead atoms. The van der Waals surface area contributed by atoms with E-state index in [0.29, 0.717) is 28.5 Å². The van der Waals surface area contributed by atoms with Crippen molar-refractivity contribution in [2.24, 2.45) is 14.1 Å². The average molecular weight is 436 g/mol. The second kappa shape index (κ2) is 8.60. The normalized spacial score (nSPS) is 11.0. The lowest BCUT2D eigenvalue weighted by molar-refractivity contribution is -0.113. The van der Waals surface area contributed by atoms with E-state index in [2.05, 4.69) is 20.6 Å². The highest BCUT2D eigenvalue weighted by Crippen LogP contribution is 2.20. The van der Waals surface area contributed by atoms with Gasteiger partial charge >= 0.3 is 0 Å². The Morgan fingerprint density at radius 3 is 2.52 bits per heavy atom. The summed E-state index contributed by atoms with van der Waals surface area (Å²) < 4.78 is 3.15. The zero-order chi connectivity index (χ0) is 22.0. The van der Waals surface area contributed by atoms with Crippen molar-refractivity contribution in [2.45, 2.75) is 11.6 Å². The lowest BCUT2D eigenvalue weighted by atomic mass is 10.1. The topological polar surface area (TPSA) is 115 Å². The largest absolute Gasteiger partial charge is 0.508 e. The molecule has 2 N–H and O–H groups in total. The average Bonchev–Trinajstić information content (AvgIpc) is 3.11. The second-order valence-corrected chi connectivity index (χ2v) is 7.88. The smallest absolute Gasteiger partial charge is 0.274 e. The molecule has 2 heterocycles. The predicted octanol–water partition coefficient (Wildman–Crippen LogP) is 2.09. The molecule has 0 radical (unpaired) electrons.